The molecule has 0 spiro atoms. The van der Waals surface area contributed by atoms with Crippen LogP contribution in [0.25, 0.3) is 11.3 Å². The Hall–Kier alpha value is -1.95. The molecule has 1 heterocycles. The molecule has 4 nitrogen and oxygen atoms in total. The first-order valence-electron chi connectivity index (χ1n) is 7.98. The van der Waals surface area contributed by atoms with Crippen LogP contribution in [0.1, 0.15) is 42.6 Å². The van der Waals surface area contributed by atoms with Crippen LogP contribution in [0.4, 0.5) is 10.2 Å². The molecule has 6 heteroatoms. The Morgan fingerprint density at radius 3 is 2.54 bits per heavy atom. The van der Waals surface area contributed by atoms with Gasteiger partial charge in [-0.15, -0.1) is 0 Å². The van der Waals surface area contributed by atoms with Crippen LogP contribution in [-0.4, -0.2) is 28.6 Å². The Kier molecular flexibility index (Phi) is 6.31. The van der Waals surface area contributed by atoms with E-state index in [9.17, 15) is 9.18 Å². The van der Waals surface area contributed by atoms with E-state index in [-0.39, 0.29) is 11.9 Å². The number of aryl methyl sites for hydroxylation is 1. The lowest BCUT2D eigenvalue weighted by Crippen LogP contribution is -2.20. The first kappa shape index (κ1) is 18.4. The molecule has 24 heavy (non-hydrogen) atoms. The van der Waals surface area contributed by atoms with Gasteiger partial charge in [0.05, 0.1) is 11.3 Å². The van der Waals surface area contributed by atoms with Gasteiger partial charge in [0.1, 0.15) is 11.6 Å². The fourth-order valence-electron chi connectivity index (χ4n) is 2.55. The summed E-state index contributed by atoms with van der Waals surface area (Å²) < 4.78 is 13.4. The number of halogens is 1. The highest BCUT2D eigenvalue weighted by Gasteiger charge is 2.18. The van der Waals surface area contributed by atoms with E-state index in [0.717, 1.165) is 30.3 Å². The monoisotopic (exact) mass is 347 g/mol. The average molecular weight is 347 g/mol. The van der Waals surface area contributed by atoms with Crippen LogP contribution >= 0.6 is 11.8 Å². The average Bonchev–Trinajstić information content (AvgIpc) is 2.58. The van der Waals surface area contributed by atoms with Crippen LogP contribution < -0.4 is 5.32 Å². The van der Waals surface area contributed by atoms with Gasteiger partial charge in [-0.05, 0) is 49.8 Å². The third-order valence-electron chi connectivity index (χ3n) is 4.00. The predicted octanol–water partition coefficient (Wildman–Crippen LogP) is 4.73. The number of anilines is 1. The summed E-state index contributed by atoms with van der Waals surface area (Å²) in [4.78, 5) is 20.7. The van der Waals surface area contributed by atoms with Gasteiger partial charge in [0, 0.05) is 11.6 Å². The van der Waals surface area contributed by atoms with E-state index in [0.29, 0.717) is 22.2 Å². The summed E-state index contributed by atoms with van der Waals surface area (Å²) >= 11 is 1.41. The molecule has 0 unspecified atom stereocenters. The van der Waals surface area contributed by atoms with Crippen LogP contribution in [0, 0.1) is 12.7 Å². The van der Waals surface area contributed by atoms with Crippen molar-refractivity contribution in [2.75, 3.05) is 11.6 Å². The van der Waals surface area contributed by atoms with E-state index in [4.69, 9.17) is 0 Å². The number of hydrogen-bond donors (Lipinski definition) is 1. The molecule has 1 N–H and O–H groups in total. The third kappa shape index (κ3) is 3.93. The molecule has 2 rings (SSSR count). The Balaban J connectivity index is 2.63. The highest BCUT2D eigenvalue weighted by atomic mass is 32.2. The Labute approximate surface area is 146 Å². The number of thioether (sulfide) groups is 1. The number of aldehydes is 1. The lowest BCUT2D eigenvalue weighted by atomic mass is 10.0. The Bertz CT molecular complexity index is 732. The molecule has 0 saturated heterocycles. The fraction of sp³-hybridized carbons (Fsp3) is 0.389. The lowest BCUT2D eigenvalue weighted by Gasteiger charge is -2.19. The molecule has 0 aliphatic heterocycles. The second-order valence-electron chi connectivity index (χ2n) is 5.56. The number of benzene rings is 1. The summed E-state index contributed by atoms with van der Waals surface area (Å²) in [6, 6.07) is 4.71. The number of rotatable bonds is 7. The summed E-state index contributed by atoms with van der Waals surface area (Å²) in [5.41, 5.74) is 2.42. The van der Waals surface area contributed by atoms with E-state index in [1.54, 1.807) is 6.07 Å². The normalized spacial score (nSPS) is 10.9. The zero-order valence-corrected chi connectivity index (χ0v) is 15.2. The topological polar surface area (TPSA) is 54.9 Å². The minimum atomic E-state index is -0.307. The summed E-state index contributed by atoms with van der Waals surface area (Å²) in [5.74, 6) is 0.232. The molecule has 1 aromatic carbocycles. The van der Waals surface area contributed by atoms with Gasteiger partial charge in [0.15, 0.2) is 11.4 Å². The van der Waals surface area contributed by atoms with Crippen LogP contribution in [0.2, 0.25) is 0 Å². The van der Waals surface area contributed by atoms with Gasteiger partial charge in [-0.25, -0.2) is 14.4 Å². The van der Waals surface area contributed by atoms with Crippen LogP contribution in [-0.2, 0) is 0 Å². The van der Waals surface area contributed by atoms with Crippen molar-refractivity contribution in [3.63, 3.8) is 0 Å². The minimum Gasteiger partial charge on any atom is -0.367 e. The zero-order chi connectivity index (χ0) is 17.7. The van der Waals surface area contributed by atoms with Gasteiger partial charge >= 0.3 is 0 Å². The van der Waals surface area contributed by atoms with Crippen LogP contribution in [0.5, 0.6) is 0 Å². The maximum absolute atomic E-state index is 13.4. The van der Waals surface area contributed by atoms with Crippen LogP contribution in [0.3, 0.4) is 0 Å². The largest absolute Gasteiger partial charge is 0.367 e. The van der Waals surface area contributed by atoms with Gasteiger partial charge in [-0.2, -0.15) is 0 Å². The predicted molar refractivity (Wildman–Crippen MR) is 97.3 cm³/mol. The van der Waals surface area contributed by atoms with E-state index in [1.165, 1.54) is 23.9 Å². The van der Waals surface area contributed by atoms with Crippen LogP contribution in [0.15, 0.2) is 23.4 Å². The molecule has 1 aromatic heterocycles. The van der Waals surface area contributed by atoms with Crippen molar-refractivity contribution in [2.45, 2.75) is 44.8 Å². The van der Waals surface area contributed by atoms with E-state index in [1.807, 2.05) is 13.2 Å². The molecule has 0 fully saturated rings. The standard InChI is InChI=1S/C18H22FN3OS/c1-5-13(6-2)20-17-15(10-23)16(21-18(22-17)24-4)14-8-7-12(19)9-11(14)3/h7-10,13H,5-6H2,1-4H3,(H,20,21,22). The first-order chi connectivity index (χ1) is 11.5. The van der Waals surface area contributed by atoms with Crippen molar-refractivity contribution < 1.29 is 9.18 Å². The number of nitrogens with one attached hydrogen (secondary N) is 1. The molecule has 0 bridgehead atoms. The molecule has 128 valence electrons. The van der Waals surface area contributed by atoms with Gasteiger partial charge in [-0.3, -0.25) is 4.79 Å². The van der Waals surface area contributed by atoms with Gasteiger partial charge in [0.25, 0.3) is 0 Å². The Morgan fingerprint density at radius 2 is 2.00 bits per heavy atom. The number of nitrogens with zero attached hydrogens (tertiary/aromatic N) is 2. The number of aromatic nitrogens is 2. The van der Waals surface area contributed by atoms with Gasteiger partial charge in [-0.1, -0.05) is 25.6 Å². The van der Waals surface area contributed by atoms with E-state index in [2.05, 4.69) is 29.1 Å². The summed E-state index contributed by atoms with van der Waals surface area (Å²) in [6.07, 6.45) is 4.52. The number of hydrogen-bond acceptors (Lipinski definition) is 5. The van der Waals surface area contributed by atoms with E-state index >= 15 is 0 Å². The summed E-state index contributed by atoms with van der Waals surface area (Å²) in [7, 11) is 0. The van der Waals surface area contributed by atoms with Gasteiger partial charge in [0.2, 0.25) is 0 Å². The number of carbonyl (C=O) groups excluding carboxylic acids is 1. The summed E-state index contributed by atoms with van der Waals surface area (Å²) in [5, 5.41) is 3.92. The van der Waals surface area contributed by atoms with E-state index < -0.39 is 0 Å². The number of carbonyl (C=O) groups is 1. The molecule has 0 radical (unpaired) electrons. The highest BCUT2D eigenvalue weighted by Crippen LogP contribution is 2.30. The maximum Gasteiger partial charge on any atom is 0.189 e. The Morgan fingerprint density at radius 1 is 1.29 bits per heavy atom. The second kappa shape index (κ2) is 8.24. The molecular formula is C18H22FN3OS. The third-order valence-corrected chi connectivity index (χ3v) is 4.54. The molecule has 0 atom stereocenters. The van der Waals surface area contributed by atoms with Crippen molar-refractivity contribution in [3.05, 3.63) is 35.1 Å². The van der Waals surface area contributed by atoms with Gasteiger partial charge < -0.3 is 5.32 Å². The van der Waals surface area contributed by atoms with Crippen molar-refractivity contribution in [2.24, 2.45) is 0 Å². The maximum atomic E-state index is 13.4. The van der Waals surface area contributed by atoms with Crippen molar-refractivity contribution in [1.82, 2.24) is 9.97 Å². The quantitative estimate of drug-likeness (QED) is 0.446. The molecule has 0 saturated carbocycles. The van der Waals surface area contributed by atoms with Crippen molar-refractivity contribution in [3.8, 4) is 11.3 Å². The molecule has 2 aromatic rings. The zero-order valence-electron chi connectivity index (χ0n) is 14.4. The second-order valence-corrected chi connectivity index (χ2v) is 6.33. The smallest absolute Gasteiger partial charge is 0.189 e. The lowest BCUT2D eigenvalue weighted by molar-refractivity contribution is 0.112. The van der Waals surface area contributed by atoms with Crippen molar-refractivity contribution in [1.29, 1.82) is 0 Å². The fourth-order valence-corrected chi connectivity index (χ4v) is 2.91. The molecule has 0 amide bonds. The molecular weight excluding hydrogens is 325 g/mol. The minimum absolute atomic E-state index is 0.232. The SMILES string of the molecule is CCC(CC)Nc1nc(SC)nc(-c2ccc(F)cc2C)c1C=O. The van der Waals surface area contributed by atoms with Crippen molar-refractivity contribution >= 4 is 23.9 Å². The summed E-state index contributed by atoms with van der Waals surface area (Å²) in [6.45, 7) is 5.98. The highest BCUT2D eigenvalue weighted by molar-refractivity contribution is 7.98. The first-order valence-corrected chi connectivity index (χ1v) is 9.20. The molecule has 0 aliphatic carbocycles. The molecule has 0 aliphatic rings.